The van der Waals surface area contributed by atoms with Crippen molar-refractivity contribution in [2.24, 2.45) is 5.92 Å². The fourth-order valence-corrected chi connectivity index (χ4v) is 3.12. The Morgan fingerprint density at radius 1 is 1.40 bits per heavy atom. The zero-order valence-corrected chi connectivity index (χ0v) is 12.3. The number of carboxylic acid groups (broad SMARTS) is 1. The van der Waals surface area contributed by atoms with E-state index in [0.717, 1.165) is 6.07 Å². The van der Waals surface area contributed by atoms with E-state index in [1.807, 2.05) is 0 Å². The van der Waals surface area contributed by atoms with E-state index in [2.05, 4.69) is 4.72 Å². The second-order valence-corrected chi connectivity index (χ2v) is 6.36. The molecule has 0 amide bonds. The molecule has 112 valence electrons. The fraction of sp³-hybridized carbons (Fsp3) is 0.462. The molecule has 0 aromatic heterocycles. The first kappa shape index (κ1) is 16.6. The van der Waals surface area contributed by atoms with Crippen LogP contribution in [-0.2, 0) is 16.4 Å². The molecule has 0 radical (unpaired) electrons. The maximum Gasteiger partial charge on any atom is 0.335 e. The number of carboxylic acids is 1. The van der Waals surface area contributed by atoms with Crippen molar-refractivity contribution >= 4 is 16.0 Å². The number of aliphatic hydroxyl groups is 1. The van der Waals surface area contributed by atoms with Gasteiger partial charge in [-0.05, 0) is 30.0 Å². The highest BCUT2D eigenvalue weighted by Gasteiger charge is 2.20. The first-order valence-corrected chi connectivity index (χ1v) is 7.76. The number of aryl methyl sites for hydroxylation is 1. The van der Waals surface area contributed by atoms with E-state index < -0.39 is 16.0 Å². The van der Waals surface area contributed by atoms with E-state index >= 15 is 0 Å². The summed E-state index contributed by atoms with van der Waals surface area (Å²) in [4.78, 5) is 10.9. The van der Waals surface area contributed by atoms with Crippen molar-refractivity contribution in [3.63, 3.8) is 0 Å². The molecule has 0 aliphatic carbocycles. The molecule has 0 bridgehead atoms. The topological polar surface area (TPSA) is 104 Å². The lowest BCUT2D eigenvalue weighted by atomic mass is 10.1. The quantitative estimate of drug-likeness (QED) is 0.693. The van der Waals surface area contributed by atoms with Crippen LogP contribution in [0.3, 0.4) is 0 Å². The van der Waals surface area contributed by atoms with E-state index in [9.17, 15) is 13.2 Å². The van der Waals surface area contributed by atoms with Gasteiger partial charge in [-0.3, -0.25) is 0 Å². The highest BCUT2D eigenvalue weighted by Crippen LogP contribution is 2.19. The van der Waals surface area contributed by atoms with Crippen molar-refractivity contribution in [3.8, 4) is 0 Å². The molecule has 3 N–H and O–H groups in total. The van der Waals surface area contributed by atoms with Crippen molar-refractivity contribution < 1.29 is 23.4 Å². The number of carbonyl (C=O) groups is 1. The van der Waals surface area contributed by atoms with E-state index in [-0.39, 0.29) is 29.5 Å². The molecule has 1 aromatic rings. The van der Waals surface area contributed by atoms with Gasteiger partial charge in [-0.25, -0.2) is 17.9 Å². The Labute approximate surface area is 118 Å². The van der Waals surface area contributed by atoms with Gasteiger partial charge in [0.1, 0.15) is 0 Å². The van der Waals surface area contributed by atoms with Crippen LogP contribution in [0.15, 0.2) is 23.1 Å². The summed E-state index contributed by atoms with van der Waals surface area (Å²) in [6.45, 7) is 3.47. The number of rotatable bonds is 7. The molecular formula is C13H19NO5S. The molecule has 0 heterocycles. The van der Waals surface area contributed by atoms with Crippen molar-refractivity contribution in [2.75, 3.05) is 13.2 Å². The van der Waals surface area contributed by atoms with Crippen molar-refractivity contribution in [1.82, 2.24) is 4.72 Å². The lowest BCUT2D eigenvalue weighted by molar-refractivity contribution is 0.0696. The molecule has 6 nitrogen and oxygen atoms in total. The Balaban J connectivity index is 3.14. The van der Waals surface area contributed by atoms with E-state index in [4.69, 9.17) is 10.2 Å². The first-order chi connectivity index (χ1) is 9.31. The second kappa shape index (κ2) is 6.83. The summed E-state index contributed by atoms with van der Waals surface area (Å²) in [5.41, 5.74) is 0.483. The largest absolute Gasteiger partial charge is 0.478 e. The molecule has 1 unspecified atom stereocenters. The average Bonchev–Trinajstić information content (AvgIpc) is 2.43. The van der Waals surface area contributed by atoms with Gasteiger partial charge in [0.05, 0.1) is 10.5 Å². The number of nitrogens with one attached hydrogen (secondary N) is 1. The minimum atomic E-state index is -3.79. The maximum absolute atomic E-state index is 12.2. The summed E-state index contributed by atoms with van der Waals surface area (Å²) in [6, 6.07) is 4.05. The Bertz CT molecular complexity index is 582. The third-order valence-corrected chi connectivity index (χ3v) is 4.42. The minimum absolute atomic E-state index is 0.0231. The number of benzene rings is 1. The van der Waals surface area contributed by atoms with Gasteiger partial charge < -0.3 is 10.2 Å². The van der Waals surface area contributed by atoms with Gasteiger partial charge in [0.25, 0.3) is 0 Å². The summed E-state index contributed by atoms with van der Waals surface area (Å²) in [5, 5.41) is 17.9. The lowest BCUT2D eigenvalue weighted by Gasteiger charge is -2.13. The van der Waals surface area contributed by atoms with Crippen molar-refractivity contribution in [3.05, 3.63) is 29.3 Å². The first-order valence-electron chi connectivity index (χ1n) is 6.28. The summed E-state index contributed by atoms with van der Waals surface area (Å²) in [5.74, 6) is -1.38. The van der Waals surface area contributed by atoms with E-state index in [1.165, 1.54) is 12.1 Å². The Hall–Kier alpha value is -1.44. The Morgan fingerprint density at radius 2 is 2.05 bits per heavy atom. The van der Waals surface area contributed by atoms with Crippen molar-refractivity contribution in [2.45, 2.75) is 25.2 Å². The highest BCUT2D eigenvalue weighted by atomic mass is 32.2. The SMILES string of the molecule is CCc1ccc(C(=O)O)cc1S(=O)(=O)NCC(C)CO. The van der Waals surface area contributed by atoms with Crippen LogP contribution in [0.4, 0.5) is 0 Å². The number of hydrogen-bond acceptors (Lipinski definition) is 4. The lowest BCUT2D eigenvalue weighted by Crippen LogP contribution is -2.30. The molecule has 0 saturated carbocycles. The molecule has 0 spiro atoms. The van der Waals surface area contributed by atoms with Crippen LogP contribution in [0.1, 0.15) is 29.8 Å². The summed E-state index contributed by atoms with van der Waals surface area (Å²) in [7, 11) is -3.79. The maximum atomic E-state index is 12.2. The van der Waals surface area contributed by atoms with E-state index in [0.29, 0.717) is 12.0 Å². The zero-order chi connectivity index (χ0) is 15.3. The standard InChI is InChI=1S/C13H19NO5S/c1-3-10-4-5-11(13(16)17)6-12(10)20(18,19)14-7-9(2)8-15/h4-6,9,14-15H,3,7-8H2,1-2H3,(H,16,17). The molecule has 0 fully saturated rings. The van der Waals surface area contributed by atoms with Gasteiger partial charge >= 0.3 is 5.97 Å². The number of aliphatic hydroxyl groups excluding tert-OH is 1. The van der Waals surface area contributed by atoms with E-state index in [1.54, 1.807) is 13.8 Å². The zero-order valence-electron chi connectivity index (χ0n) is 11.5. The molecule has 7 heteroatoms. The Morgan fingerprint density at radius 3 is 2.55 bits per heavy atom. The second-order valence-electron chi connectivity index (χ2n) is 4.62. The highest BCUT2D eigenvalue weighted by molar-refractivity contribution is 7.89. The molecule has 0 aliphatic heterocycles. The van der Waals surface area contributed by atoms with Gasteiger partial charge in [0.2, 0.25) is 10.0 Å². The van der Waals surface area contributed by atoms with Crippen LogP contribution in [-0.4, -0.2) is 37.8 Å². The predicted octanol–water partition coefficient (Wildman–Crippen LogP) is 0.854. The number of sulfonamides is 1. The molecule has 0 aliphatic rings. The smallest absolute Gasteiger partial charge is 0.335 e. The summed E-state index contributed by atoms with van der Waals surface area (Å²) >= 11 is 0. The minimum Gasteiger partial charge on any atom is -0.478 e. The monoisotopic (exact) mass is 301 g/mol. The van der Waals surface area contributed by atoms with Gasteiger partial charge in [0, 0.05) is 13.2 Å². The van der Waals surface area contributed by atoms with Crippen LogP contribution in [0.5, 0.6) is 0 Å². The molecule has 0 saturated heterocycles. The predicted molar refractivity (Wildman–Crippen MR) is 74.2 cm³/mol. The molecule has 1 atom stereocenters. The molecule has 20 heavy (non-hydrogen) atoms. The van der Waals surface area contributed by atoms with Crippen LogP contribution in [0, 0.1) is 5.92 Å². The number of aromatic carboxylic acids is 1. The van der Waals surface area contributed by atoms with Crippen LogP contribution >= 0.6 is 0 Å². The van der Waals surface area contributed by atoms with Crippen LogP contribution in [0.2, 0.25) is 0 Å². The summed E-state index contributed by atoms with van der Waals surface area (Å²) in [6.07, 6.45) is 0.478. The fourth-order valence-electron chi connectivity index (χ4n) is 1.62. The third-order valence-electron chi connectivity index (χ3n) is 2.92. The van der Waals surface area contributed by atoms with Gasteiger partial charge in [-0.1, -0.05) is 19.9 Å². The van der Waals surface area contributed by atoms with Crippen LogP contribution < -0.4 is 4.72 Å². The van der Waals surface area contributed by atoms with Crippen LogP contribution in [0.25, 0.3) is 0 Å². The van der Waals surface area contributed by atoms with Crippen molar-refractivity contribution in [1.29, 1.82) is 0 Å². The normalized spacial score (nSPS) is 13.2. The molecule has 1 aromatic carbocycles. The Kier molecular flexibility index (Phi) is 5.67. The van der Waals surface area contributed by atoms with Gasteiger partial charge in [-0.2, -0.15) is 0 Å². The molecular weight excluding hydrogens is 282 g/mol. The molecule has 1 rings (SSSR count). The summed E-state index contributed by atoms with van der Waals surface area (Å²) < 4.78 is 26.8. The van der Waals surface area contributed by atoms with Gasteiger partial charge in [-0.15, -0.1) is 0 Å². The number of hydrogen-bond donors (Lipinski definition) is 3. The van der Waals surface area contributed by atoms with Gasteiger partial charge in [0.15, 0.2) is 0 Å². The third kappa shape index (κ3) is 4.03. The average molecular weight is 301 g/mol.